The van der Waals surface area contributed by atoms with Crippen molar-refractivity contribution in [2.24, 2.45) is 126 Å². The first-order valence-electron chi connectivity index (χ1n) is 35.9. The van der Waals surface area contributed by atoms with Gasteiger partial charge in [-0.25, -0.2) is 9.79 Å². The monoisotopic (exact) mass is 1260 g/mol. The topological polar surface area (TPSA) is 208 Å². The SMILES string of the molecule is C.C.C.CC(=O)[C@H]1CC[C@H]2[C@@H]3CC[C@H]4C[C@](C)(O)CC[C@]4(CO)[C@H]3CC[C@]12C.CCCC(=O)OC[C@]12CC[C@@](C)(O)C[C@@H]1CC[C@H]1[C@@H]3CC[C@H](C(C)=O)[C@@]3(C)CC[C@@H]12.CCN=C=O.CC[C@]12CC[C@@](C)(O)C[C@@H]1CC[C@H]1[C@@H]3CC[C@H](C(C)=O)[C@@]3(C)CC[C@@H]12.CO. The Morgan fingerprint density at radius 2 is 0.789 bits per heavy atom. The summed E-state index contributed by atoms with van der Waals surface area (Å²) in [6.07, 6.45) is 33.9. The van der Waals surface area contributed by atoms with Crippen LogP contribution in [0.5, 0.6) is 0 Å². The molecule has 0 spiro atoms. The van der Waals surface area contributed by atoms with Crippen molar-refractivity contribution in [3.8, 4) is 0 Å². The van der Waals surface area contributed by atoms with Crippen molar-refractivity contribution in [3.05, 3.63) is 0 Å². The first kappa shape index (κ1) is 78.4. The molecule has 12 rings (SSSR count). The van der Waals surface area contributed by atoms with Gasteiger partial charge in [0.15, 0.2) is 0 Å². The molecule has 0 aromatic carbocycles. The van der Waals surface area contributed by atoms with Crippen molar-refractivity contribution in [1.82, 2.24) is 0 Å². The van der Waals surface area contributed by atoms with E-state index in [0.29, 0.717) is 95.6 Å². The highest BCUT2D eigenvalue weighted by atomic mass is 16.5. The largest absolute Gasteiger partial charge is 0.465 e. The zero-order valence-corrected chi connectivity index (χ0v) is 57.1. The van der Waals surface area contributed by atoms with Crippen molar-refractivity contribution in [1.29, 1.82) is 0 Å². The Balaban J connectivity index is 0.000000230. The van der Waals surface area contributed by atoms with E-state index in [4.69, 9.17) is 14.6 Å². The smallest absolute Gasteiger partial charge is 0.305 e. The minimum atomic E-state index is -0.593. The maximum atomic E-state index is 12.4. The van der Waals surface area contributed by atoms with Crippen LogP contribution in [0.4, 0.5) is 0 Å². The lowest BCUT2D eigenvalue weighted by Gasteiger charge is -2.63. The molecule has 0 aliphatic heterocycles. The number of rotatable bonds is 10. The molecule has 12 aliphatic carbocycles. The van der Waals surface area contributed by atoms with Crippen molar-refractivity contribution >= 4 is 29.4 Å². The number of isocyanates is 1. The Kier molecular flexibility index (Phi) is 26.5. The third-order valence-corrected chi connectivity index (χ3v) is 29.6. The van der Waals surface area contributed by atoms with E-state index in [0.717, 1.165) is 140 Å². The second kappa shape index (κ2) is 30.4. The molecule has 12 aliphatic rings. The average Bonchev–Trinajstić information content (AvgIpc) is 1.25. The van der Waals surface area contributed by atoms with Crippen LogP contribution in [-0.2, 0) is 28.7 Å². The second-order valence-corrected chi connectivity index (χ2v) is 33.6. The number of carbonyl (C=O) groups is 4. The Labute approximate surface area is 549 Å². The summed E-state index contributed by atoms with van der Waals surface area (Å²) in [6.45, 7) is 26.2. The number of carbonyl (C=O) groups excluding carboxylic acids is 5. The lowest BCUT2D eigenvalue weighted by atomic mass is 9.42. The molecule has 0 bridgehead atoms. The first-order chi connectivity index (χ1) is 41.0. The van der Waals surface area contributed by atoms with Crippen LogP contribution in [0.15, 0.2) is 4.99 Å². The van der Waals surface area contributed by atoms with Crippen LogP contribution < -0.4 is 0 Å². The van der Waals surface area contributed by atoms with Crippen LogP contribution >= 0.6 is 0 Å². The van der Waals surface area contributed by atoms with Gasteiger partial charge in [-0.15, -0.1) is 0 Å². The lowest BCUT2D eigenvalue weighted by Crippen LogP contribution is -2.58. The summed E-state index contributed by atoms with van der Waals surface area (Å²) >= 11 is 0. The summed E-state index contributed by atoms with van der Waals surface area (Å²) in [7, 11) is 1.00. The maximum absolute atomic E-state index is 12.4. The van der Waals surface area contributed by atoms with Gasteiger partial charge >= 0.3 is 5.97 Å². The summed E-state index contributed by atoms with van der Waals surface area (Å²) in [6, 6.07) is 0. The van der Waals surface area contributed by atoms with Gasteiger partial charge < -0.3 is 30.3 Å². The molecule has 12 fully saturated rings. The molecule has 0 amide bonds. The zero-order valence-electron chi connectivity index (χ0n) is 57.1. The van der Waals surface area contributed by atoms with Gasteiger partial charge in [0.05, 0.1) is 23.4 Å². The number of hydrogen-bond acceptors (Lipinski definition) is 12. The fraction of sp³-hybridized carbons (Fsp3) is 0.936. The second-order valence-electron chi connectivity index (χ2n) is 33.6. The number of hydrogen-bond donors (Lipinski definition) is 5. The summed E-state index contributed by atoms with van der Waals surface area (Å²) in [5.41, 5.74) is -0.443. The van der Waals surface area contributed by atoms with Gasteiger partial charge in [0.1, 0.15) is 17.3 Å². The molecule has 0 saturated heterocycles. The van der Waals surface area contributed by atoms with Crippen molar-refractivity contribution in [2.45, 2.75) is 315 Å². The first-order valence-corrected chi connectivity index (χ1v) is 35.9. The quantitative estimate of drug-likeness (QED) is 0.0790. The third-order valence-electron chi connectivity index (χ3n) is 29.6. The number of ketones is 3. The van der Waals surface area contributed by atoms with Gasteiger partial charge in [0.25, 0.3) is 0 Å². The summed E-state index contributed by atoms with van der Waals surface area (Å²) in [5, 5.41) is 49.6. The summed E-state index contributed by atoms with van der Waals surface area (Å²) in [4.78, 5) is 61.4. The highest BCUT2D eigenvalue weighted by molar-refractivity contribution is 5.80. The summed E-state index contributed by atoms with van der Waals surface area (Å²) < 4.78 is 5.92. The van der Waals surface area contributed by atoms with Crippen LogP contribution in [0, 0.1) is 121 Å². The molecule has 0 heterocycles. The number of esters is 1. The molecular weight excluding hydrogens is 1130 g/mol. The van der Waals surface area contributed by atoms with E-state index < -0.39 is 16.8 Å². The van der Waals surface area contributed by atoms with Crippen LogP contribution in [-0.4, -0.2) is 98.6 Å². The molecular formula is C78H137NO11. The van der Waals surface area contributed by atoms with E-state index in [-0.39, 0.29) is 73.8 Å². The molecule has 0 unspecified atom stereocenters. The summed E-state index contributed by atoms with van der Waals surface area (Å²) in [5.74, 6) is 9.77. The number of nitrogens with zero attached hydrogens (tertiary/aromatic N) is 1. The van der Waals surface area contributed by atoms with Crippen LogP contribution in [0.1, 0.15) is 298 Å². The molecule has 12 heteroatoms. The molecule has 0 aromatic heterocycles. The van der Waals surface area contributed by atoms with Gasteiger partial charge in [-0.05, 0) is 333 Å². The molecule has 12 nitrogen and oxygen atoms in total. The maximum Gasteiger partial charge on any atom is 0.305 e. The molecule has 5 N–H and O–H groups in total. The number of Topliss-reactive ketones (excluding diaryl/α,β-unsaturated/α-hetero) is 3. The van der Waals surface area contributed by atoms with E-state index in [1.165, 1.54) is 83.1 Å². The van der Waals surface area contributed by atoms with E-state index in [2.05, 4.69) is 39.6 Å². The molecule has 12 saturated carbocycles. The van der Waals surface area contributed by atoms with E-state index in [9.17, 15) is 39.6 Å². The Morgan fingerprint density at radius 3 is 1.11 bits per heavy atom. The van der Waals surface area contributed by atoms with Gasteiger partial charge in [0, 0.05) is 49.9 Å². The minimum absolute atomic E-state index is 0. The Morgan fingerprint density at radius 1 is 0.456 bits per heavy atom. The lowest BCUT2D eigenvalue weighted by molar-refractivity contribution is -0.185. The van der Waals surface area contributed by atoms with Crippen LogP contribution in [0.25, 0.3) is 0 Å². The molecule has 0 aromatic rings. The fourth-order valence-corrected chi connectivity index (χ4v) is 25.6. The number of aliphatic hydroxyl groups excluding tert-OH is 2. The Bertz CT molecular complexity index is 2350. The minimum Gasteiger partial charge on any atom is -0.465 e. The van der Waals surface area contributed by atoms with Crippen molar-refractivity contribution < 1.29 is 54.2 Å². The van der Waals surface area contributed by atoms with Crippen LogP contribution in [0.2, 0.25) is 0 Å². The number of aliphatic imine (C=N–C) groups is 1. The zero-order chi connectivity index (χ0) is 63.9. The van der Waals surface area contributed by atoms with E-state index in [1.807, 2.05) is 27.7 Å². The van der Waals surface area contributed by atoms with Crippen molar-refractivity contribution in [3.63, 3.8) is 0 Å². The molecule has 0 radical (unpaired) electrons. The van der Waals surface area contributed by atoms with Gasteiger partial charge in [0.2, 0.25) is 6.08 Å². The average molecular weight is 1260 g/mol. The third kappa shape index (κ3) is 14.4. The number of aliphatic hydroxyl groups is 5. The van der Waals surface area contributed by atoms with E-state index >= 15 is 0 Å². The van der Waals surface area contributed by atoms with Gasteiger partial charge in [-0.3, -0.25) is 19.2 Å². The van der Waals surface area contributed by atoms with Crippen LogP contribution in [0.3, 0.4) is 0 Å². The van der Waals surface area contributed by atoms with Gasteiger partial charge in [-0.1, -0.05) is 56.9 Å². The molecule has 520 valence electrons. The highest BCUT2D eigenvalue weighted by Gasteiger charge is 2.66. The van der Waals surface area contributed by atoms with Crippen molar-refractivity contribution in [2.75, 3.05) is 26.9 Å². The number of ether oxygens (including phenoxy) is 1. The predicted molar refractivity (Wildman–Crippen MR) is 363 cm³/mol. The highest BCUT2D eigenvalue weighted by Crippen LogP contribution is 2.72. The van der Waals surface area contributed by atoms with Gasteiger partial charge in [-0.2, -0.15) is 0 Å². The molecule has 24 atom stereocenters. The molecule has 90 heavy (non-hydrogen) atoms. The predicted octanol–water partition coefficient (Wildman–Crippen LogP) is 16.5. The van der Waals surface area contributed by atoms with E-state index in [1.54, 1.807) is 20.8 Å². The normalized spacial score (nSPS) is 46.9. The fourth-order valence-electron chi connectivity index (χ4n) is 25.6. The number of fused-ring (bicyclic) bond motifs is 15. The Hall–Kier alpha value is -2.34. The standard InChI is InChI=1S/C26H42O4.C23H38O2.C22H36O3.C3H5NO.CH4O.3CH4/c1-5-6-23(28)30-16-26-14-13-24(3,29)15-18(26)7-8-19-21-10-9-20(17(2)27)25(21,4)12-11-22(19)26;1-5-23-13-12-21(3,25)14-16(23)6-7-17-19-9-8-18(15(2)24)22(19,4)11-10-20(17)23;1-14(24)17-6-7-18-16-5-4-15-12-20(2,25)10-11-22(15,13-23)19(16)8-9-21(17,18)3;1-2-4-3-5;1-2;;;/h18-22,29H,5-16H2,1-4H3;16-20,25H,5-14H2,1-4H3;15-19,23,25H,4-13H2,1-3H3;2H2,1H3;2H,1H3;3*1H4/t18-,19-,20+,21-,22-,24+,25+,26+;16-,17-,18+,19-,20-,21+,22+,23-;15-,16-,17+,18-,19-,20+,21+,22+;;;;;/m000...../s1.